The second-order valence-electron chi connectivity index (χ2n) is 4.80. The highest BCUT2D eigenvalue weighted by molar-refractivity contribution is 6.36. The van der Waals surface area contributed by atoms with Gasteiger partial charge < -0.3 is 11.1 Å². The predicted octanol–water partition coefficient (Wildman–Crippen LogP) is 3.12. The fourth-order valence-corrected chi connectivity index (χ4v) is 2.74. The maximum Gasteiger partial charge on any atom is 0.224 e. The van der Waals surface area contributed by atoms with Gasteiger partial charge in [-0.3, -0.25) is 4.79 Å². The molecule has 1 atom stereocenters. The molecule has 1 aromatic rings. The van der Waals surface area contributed by atoms with E-state index in [9.17, 15) is 4.79 Å². The van der Waals surface area contributed by atoms with Crippen LogP contribution >= 0.6 is 35.6 Å². The summed E-state index contributed by atoms with van der Waals surface area (Å²) in [7, 11) is 0. The molecule has 3 nitrogen and oxygen atoms in total. The Kier molecular flexibility index (Phi) is 5.51. The molecule has 0 aromatic heterocycles. The number of hydrogen-bond donors (Lipinski definition) is 2. The number of amides is 1. The van der Waals surface area contributed by atoms with Crippen molar-refractivity contribution in [2.24, 2.45) is 11.7 Å². The number of hydrogen-bond acceptors (Lipinski definition) is 2. The molecule has 106 valence electrons. The number of carbonyl (C=O) groups excluding carboxylic acids is 1. The quantitative estimate of drug-likeness (QED) is 0.894. The molecule has 1 unspecified atom stereocenters. The first-order valence-corrected chi connectivity index (χ1v) is 6.72. The molecule has 6 heteroatoms. The number of benzene rings is 1. The van der Waals surface area contributed by atoms with Gasteiger partial charge in [0.25, 0.3) is 0 Å². The predicted molar refractivity (Wildman–Crippen MR) is 81.0 cm³/mol. The van der Waals surface area contributed by atoms with Gasteiger partial charge in [-0.05, 0) is 25.0 Å². The molecular formula is C13H17Cl3N2O. The van der Waals surface area contributed by atoms with Crippen LogP contribution in [0, 0.1) is 5.92 Å². The zero-order chi connectivity index (χ0) is 13.3. The van der Waals surface area contributed by atoms with Crippen LogP contribution in [-0.4, -0.2) is 12.5 Å². The molecule has 0 bridgehead atoms. The smallest absolute Gasteiger partial charge is 0.224 e. The lowest BCUT2D eigenvalue weighted by Gasteiger charge is -2.22. The average molecular weight is 324 g/mol. The van der Waals surface area contributed by atoms with Gasteiger partial charge in [0.15, 0.2) is 0 Å². The molecule has 2 rings (SSSR count). The number of halogens is 3. The number of nitrogens with one attached hydrogen (secondary N) is 1. The lowest BCUT2D eigenvalue weighted by molar-refractivity contribution is -0.125. The number of rotatable bonds is 4. The van der Waals surface area contributed by atoms with Crippen molar-refractivity contribution >= 4 is 41.5 Å². The van der Waals surface area contributed by atoms with E-state index in [-0.39, 0.29) is 24.2 Å². The van der Waals surface area contributed by atoms with Gasteiger partial charge >= 0.3 is 0 Å². The van der Waals surface area contributed by atoms with Crippen LogP contribution in [-0.2, 0) is 10.3 Å². The topological polar surface area (TPSA) is 55.1 Å². The van der Waals surface area contributed by atoms with Crippen LogP contribution in [0.25, 0.3) is 0 Å². The van der Waals surface area contributed by atoms with Crippen molar-refractivity contribution in [3.05, 3.63) is 33.8 Å². The molecule has 1 fully saturated rings. The summed E-state index contributed by atoms with van der Waals surface area (Å²) in [6, 6.07) is 5.39. The molecule has 1 aliphatic rings. The van der Waals surface area contributed by atoms with Crippen molar-refractivity contribution in [3.63, 3.8) is 0 Å². The number of carbonyl (C=O) groups is 1. The van der Waals surface area contributed by atoms with Gasteiger partial charge in [-0.1, -0.05) is 36.2 Å². The van der Waals surface area contributed by atoms with E-state index < -0.39 is 5.54 Å². The lowest BCUT2D eigenvalue weighted by atomic mass is 10.0. The van der Waals surface area contributed by atoms with Crippen molar-refractivity contribution in [2.45, 2.75) is 25.3 Å². The van der Waals surface area contributed by atoms with E-state index >= 15 is 0 Å². The van der Waals surface area contributed by atoms with Gasteiger partial charge in [-0.25, -0.2) is 0 Å². The largest absolute Gasteiger partial charge is 0.346 e. The Bertz CT molecular complexity index is 455. The Morgan fingerprint density at radius 1 is 1.42 bits per heavy atom. The van der Waals surface area contributed by atoms with Gasteiger partial charge in [-0.15, -0.1) is 12.4 Å². The fourth-order valence-electron chi connectivity index (χ4n) is 1.98. The zero-order valence-electron chi connectivity index (χ0n) is 10.6. The summed E-state index contributed by atoms with van der Waals surface area (Å²) < 4.78 is 0. The van der Waals surface area contributed by atoms with Gasteiger partial charge in [0.1, 0.15) is 0 Å². The highest BCUT2D eigenvalue weighted by Crippen LogP contribution is 2.50. The van der Waals surface area contributed by atoms with Crippen LogP contribution in [0.5, 0.6) is 0 Å². The maximum atomic E-state index is 11.9. The zero-order valence-corrected chi connectivity index (χ0v) is 12.9. The van der Waals surface area contributed by atoms with Crippen LogP contribution in [0.2, 0.25) is 10.0 Å². The summed E-state index contributed by atoms with van der Waals surface area (Å²) in [6.07, 6.45) is 1.72. The van der Waals surface area contributed by atoms with E-state index in [1.54, 1.807) is 25.1 Å². The molecule has 1 aromatic carbocycles. The third kappa shape index (κ3) is 3.34. The second-order valence-corrected chi connectivity index (χ2v) is 5.62. The molecule has 1 amide bonds. The summed E-state index contributed by atoms with van der Waals surface area (Å²) in [4.78, 5) is 11.9. The van der Waals surface area contributed by atoms with E-state index in [0.717, 1.165) is 18.4 Å². The number of nitrogens with two attached hydrogens (primary N) is 1. The molecule has 0 aliphatic heterocycles. The van der Waals surface area contributed by atoms with Crippen LogP contribution in [0.15, 0.2) is 18.2 Å². The highest BCUT2D eigenvalue weighted by Gasteiger charge is 2.48. The Hall–Kier alpha value is -0.480. The van der Waals surface area contributed by atoms with Crippen molar-refractivity contribution in [2.75, 3.05) is 6.54 Å². The van der Waals surface area contributed by atoms with Gasteiger partial charge in [0.05, 0.1) is 5.54 Å². The molecule has 0 spiro atoms. The summed E-state index contributed by atoms with van der Waals surface area (Å²) in [5.74, 6) is -0.255. The molecule has 1 aliphatic carbocycles. The summed E-state index contributed by atoms with van der Waals surface area (Å²) in [5, 5.41) is 4.22. The van der Waals surface area contributed by atoms with E-state index in [0.29, 0.717) is 16.6 Å². The van der Waals surface area contributed by atoms with Crippen molar-refractivity contribution in [1.82, 2.24) is 5.32 Å². The molecular weight excluding hydrogens is 307 g/mol. The minimum absolute atomic E-state index is 0. The molecule has 19 heavy (non-hydrogen) atoms. The van der Waals surface area contributed by atoms with Crippen LogP contribution in [0.3, 0.4) is 0 Å². The second kappa shape index (κ2) is 6.31. The first-order valence-electron chi connectivity index (χ1n) is 5.97. The summed E-state index contributed by atoms with van der Waals surface area (Å²) in [6.45, 7) is 2.14. The normalized spacial score (nSPS) is 17.3. The van der Waals surface area contributed by atoms with E-state index in [2.05, 4.69) is 5.32 Å². The SMILES string of the molecule is CC(CN)C(=O)NC1(c2c(Cl)cccc2Cl)CC1.Cl. The van der Waals surface area contributed by atoms with Crippen molar-refractivity contribution in [1.29, 1.82) is 0 Å². The minimum atomic E-state index is -0.393. The van der Waals surface area contributed by atoms with E-state index in [4.69, 9.17) is 28.9 Å². The average Bonchev–Trinajstić information content (AvgIpc) is 3.08. The van der Waals surface area contributed by atoms with E-state index in [1.165, 1.54) is 0 Å². The fraction of sp³-hybridized carbons (Fsp3) is 0.462. The minimum Gasteiger partial charge on any atom is -0.346 e. The van der Waals surface area contributed by atoms with Gasteiger partial charge in [0.2, 0.25) is 5.91 Å². The Morgan fingerprint density at radius 3 is 2.37 bits per heavy atom. The lowest BCUT2D eigenvalue weighted by Crippen LogP contribution is -2.40. The highest BCUT2D eigenvalue weighted by atomic mass is 35.5. The Morgan fingerprint density at radius 2 is 1.95 bits per heavy atom. The maximum absolute atomic E-state index is 11.9. The monoisotopic (exact) mass is 322 g/mol. The summed E-state index contributed by atoms with van der Waals surface area (Å²) in [5.41, 5.74) is 5.93. The Balaban J connectivity index is 0.00000180. The van der Waals surface area contributed by atoms with Crippen LogP contribution in [0.1, 0.15) is 25.3 Å². The molecule has 0 heterocycles. The molecule has 1 saturated carbocycles. The van der Waals surface area contributed by atoms with Crippen molar-refractivity contribution in [3.8, 4) is 0 Å². The van der Waals surface area contributed by atoms with Crippen LogP contribution < -0.4 is 11.1 Å². The molecule has 0 saturated heterocycles. The summed E-state index contributed by atoms with van der Waals surface area (Å²) >= 11 is 12.4. The third-order valence-electron chi connectivity index (χ3n) is 3.35. The third-order valence-corrected chi connectivity index (χ3v) is 3.98. The molecule has 0 radical (unpaired) electrons. The van der Waals surface area contributed by atoms with Gasteiger partial charge in [-0.2, -0.15) is 0 Å². The first-order chi connectivity index (χ1) is 8.50. The Labute approximate surface area is 129 Å². The first kappa shape index (κ1) is 16.6. The standard InChI is InChI=1S/C13H16Cl2N2O.ClH/c1-8(7-16)12(18)17-13(5-6-13)11-9(14)3-2-4-10(11)15;/h2-4,8H,5-7,16H2,1H3,(H,17,18);1H. The molecule has 3 N–H and O–H groups in total. The van der Waals surface area contributed by atoms with Crippen molar-refractivity contribution < 1.29 is 4.79 Å². The van der Waals surface area contributed by atoms with Crippen LogP contribution in [0.4, 0.5) is 0 Å². The van der Waals surface area contributed by atoms with Gasteiger partial charge in [0, 0.05) is 28.1 Å². The van der Waals surface area contributed by atoms with E-state index in [1.807, 2.05) is 0 Å².